The van der Waals surface area contributed by atoms with E-state index in [1.54, 1.807) is 0 Å². The van der Waals surface area contributed by atoms with Gasteiger partial charge in [0.25, 0.3) is 0 Å². The zero-order chi connectivity index (χ0) is 13.7. The summed E-state index contributed by atoms with van der Waals surface area (Å²) in [7, 11) is 0. The maximum atomic E-state index is 8.64. The first-order valence-electron chi connectivity index (χ1n) is 8.94. The molecule has 0 spiro atoms. The lowest BCUT2D eigenvalue weighted by Gasteiger charge is -2.54. The molecule has 0 aromatic heterocycles. The van der Waals surface area contributed by atoms with E-state index in [0.717, 1.165) is 35.1 Å². The highest BCUT2D eigenvalue weighted by molar-refractivity contribution is 6.42. The van der Waals surface area contributed by atoms with Gasteiger partial charge >= 0.3 is 0 Å². The van der Waals surface area contributed by atoms with Crippen LogP contribution in [0.5, 0.6) is 0 Å². The van der Waals surface area contributed by atoms with Crippen LogP contribution in [0.3, 0.4) is 0 Å². The monoisotopic (exact) mass is 272 g/mol. The molecule has 2 nitrogen and oxygen atoms in total. The largest absolute Gasteiger partial charge is 0.303 e. The highest BCUT2D eigenvalue weighted by atomic mass is 14.7. The van der Waals surface area contributed by atoms with Gasteiger partial charge in [0.05, 0.1) is 11.4 Å². The molecule has 0 bridgehead atoms. The molecular weight excluding hydrogens is 244 g/mol. The summed E-state index contributed by atoms with van der Waals surface area (Å²) in [6, 6.07) is 0. The van der Waals surface area contributed by atoms with Crippen LogP contribution < -0.4 is 0 Å². The van der Waals surface area contributed by atoms with E-state index in [-0.39, 0.29) is 0 Å². The van der Waals surface area contributed by atoms with Crippen LogP contribution >= 0.6 is 0 Å². The summed E-state index contributed by atoms with van der Waals surface area (Å²) >= 11 is 0. The average molecular weight is 272 g/mol. The second-order valence-electron chi connectivity index (χ2n) is 7.86. The van der Waals surface area contributed by atoms with Crippen molar-refractivity contribution in [2.24, 2.45) is 35.5 Å². The van der Waals surface area contributed by atoms with Crippen molar-refractivity contribution in [3.63, 3.8) is 0 Å². The third-order valence-electron chi connectivity index (χ3n) is 7.12. The molecule has 0 heterocycles. The van der Waals surface area contributed by atoms with Crippen LogP contribution in [0, 0.1) is 46.3 Å². The lowest BCUT2D eigenvalue weighted by atomic mass is 9.50. The number of nitrogens with one attached hydrogen (secondary N) is 2. The normalized spacial score (nSPS) is 48.2. The van der Waals surface area contributed by atoms with Crippen LogP contribution in [0.25, 0.3) is 0 Å². The zero-order valence-electron chi connectivity index (χ0n) is 12.5. The van der Waals surface area contributed by atoms with Crippen LogP contribution in [-0.4, -0.2) is 11.4 Å². The number of rotatable bonds is 0. The van der Waals surface area contributed by atoms with Crippen molar-refractivity contribution >= 4 is 11.4 Å². The predicted octanol–water partition coefficient (Wildman–Crippen LogP) is 4.68. The van der Waals surface area contributed by atoms with Gasteiger partial charge in [-0.3, -0.25) is 0 Å². The van der Waals surface area contributed by atoms with Crippen molar-refractivity contribution in [1.82, 2.24) is 0 Å². The van der Waals surface area contributed by atoms with E-state index in [2.05, 4.69) is 0 Å². The number of hydrogen-bond acceptors (Lipinski definition) is 2. The van der Waals surface area contributed by atoms with Gasteiger partial charge in [0.15, 0.2) is 0 Å². The van der Waals surface area contributed by atoms with Crippen LogP contribution in [-0.2, 0) is 0 Å². The van der Waals surface area contributed by atoms with Gasteiger partial charge in [-0.05, 0) is 55.8 Å². The van der Waals surface area contributed by atoms with Crippen molar-refractivity contribution in [3.8, 4) is 0 Å². The summed E-state index contributed by atoms with van der Waals surface area (Å²) < 4.78 is 0. The van der Waals surface area contributed by atoms with Crippen molar-refractivity contribution in [2.45, 2.75) is 64.2 Å². The van der Waals surface area contributed by atoms with Crippen LogP contribution in [0.15, 0.2) is 0 Å². The molecule has 2 N–H and O–H groups in total. The van der Waals surface area contributed by atoms with Crippen molar-refractivity contribution in [3.05, 3.63) is 0 Å². The molecule has 4 aliphatic carbocycles. The van der Waals surface area contributed by atoms with Gasteiger partial charge in [0, 0.05) is 11.8 Å². The second-order valence-corrected chi connectivity index (χ2v) is 7.86. The Bertz CT molecular complexity index is 425. The molecule has 4 aliphatic rings. The van der Waals surface area contributed by atoms with E-state index in [1.807, 2.05) is 0 Å². The van der Waals surface area contributed by atoms with Crippen LogP contribution in [0.4, 0.5) is 0 Å². The highest BCUT2D eigenvalue weighted by Crippen LogP contribution is 2.55. The van der Waals surface area contributed by atoms with E-state index < -0.39 is 0 Å². The van der Waals surface area contributed by atoms with Gasteiger partial charge in [0.1, 0.15) is 0 Å². The van der Waals surface area contributed by atoms with Gasteiger partial charge in [0.2, 0.25) is 0 Å². The Labute approximate surface area is 122 Å². The van der Waals surface area contributed by atoms with Gasteiger partial charge in [-0.1, -0.05) is 32.1 Å². The van der Waals surface area contributed by atoms with E-state index in [0.29, 0.717) is 11.8 Å². The Balaban J connectivity index is 1.66. The molecular formula is C18H28N2. The van der Waals surface area contributed by atoms with Crippen molar-refractivity contribution in [1.29, 1.82) is 10.8 Å². The Morgan fingerprint density at radius 1 is 0.600 bits per heavy atom. The van der Waals surface area contributed by atoms with E-state index in [1.165, 1.54) is 64.2 Å². The fourth-order valence-electron chi connectivity index (χ4n) is 6.29. The first-order valence-corrected chi connectivity index (χ1v) is 8.94. The molecule has 4 saturated carbocycles. The van der Waals surface area contributed by atoms with Crippen molar-refractivity contribution in [2.75, 3.05) is 0 Å². The minimum absolute atomic E-state index is 0.456. The Morgan fingerprint density at radius 3 is 2.15 bits per heavy atom. The maximum Gasteiger partial charge on any atom is 0.0560 e. The van der Waals surface area contributed by atoms with Gasteiger partial charge < -0.3 is 10.8 Å². The summed E-state index contributed by atoms with van der Waals surface area (Å²) in [5.41, 5.74) is 1.52. The molecule has 110 valence electrons. The predicted molar refractivity (Wildman–Crippen MR) is 82.6 cm³/mol. The van der Waals surface area contributed by atoms with Crippen LogP contribution in [0.2, 0.25) is 0 Å². The molecule has 6 unspecified atom stereocenters. The molecule has 0 saturated heterocycles. The smallest absolute Gasteiger partial charge is 0.0560 e. The van der Waals surface area contributed by atoms with Crippen LogP contribution in [0.1, 0.15) is 64.2 Å². The lowest BCUT2D eigenvalue weighted by molar-refractivity contribution is 0.0351. The van der Waals surface area contributed by atoms with Gasteiger partial charge in [-0.25, -0.2) is 0 Å². The second kappa shape index (κ2) is 4.96. The molecule has 2 heteroatoms. The molecule has 0 amide bonds. The Kier molecular flexibility index (Phi) is 3.23. The van der Waals surface area contributed by atoms with E-state index in [9.17, 15) is 0 Å². The topological polar surface area (TPSA) is 47.7 Å². The molecule has 0 aliphatic heterocycles. The Hall–Kier alpha value is -0.660. The molecule has 6 atom stereocenters. The summed E-state index contributed by atoms with van der Waals surface area (Å²) in [5.74, 6) is 4.11. The van der Waals surface area contributed by atoms with E-state index in [4.69, 9.17) is 10.8 Å². The molecule has 0 radical (unpaired) electrons. The average Bonchev–Trinajstić information content (AvgIpc) is 2.51. The number of fused-ring (bicyclic) bond motifs is 5. The maximum absolute atomic E-state index is 8.64. The fourth-order valence-corrected chi connectivity index (χ4v) is 6.29. The molecule has 4 rings (SSSR count). The third-order valence-corrected chi connectivity index (χ3v) is 7.12. The quantitative estimate of drug-likeness (QED) is 0.643. The van der Waals surface area contributed by atoms with Gasteiger partial charge in [-0.2, -0.15) is 0 Å². The SMILES string of the molecule is N=C1C(=N)C2C3CCCCC3CCC2C2CCCCC12. The van der Waals surface area contributed by atoms with Gasteiger partial charge in [-0.15, -0.1) is 0 Å². The third kappa shape index (κ3) is 1.83. The summed E-state index contributed by atoms with van der Waals surface area (Å²) in [6.07, 6.45) is 13.5. The summed E-state index contributed by atoms with van der Waals surface area (Å²) in [5, 5.41) is 17.2. The highest BCUT2D eigenvalue weighted by Gasteiger charge is 2.52. The fraction of sp³-hybridized carbons (Fsp3) is 0.889. The van der Waals surface area contributed by atoms with E-state index >= 15 is 0 Å². The molecule has 0 aromatic rings. The summed E-state index contributed by atoms with van der Waals surface area (Å²) in [6.45, 7) is 0. The Morgan fingerprint density at radius 2 is 1.30 bits per heavy atom. The van der Waals surface area contributed by atoms with Crippen molar-refractivity contribution < 1.29 is 0 Å². The lowest BCUT2D eigenvalue weighted by Crippen LogP contribution is -2.54. The zero-order valence-corrected chi connectivity index (χ0v) is 12.5. The summed E-state index contributed by atoms with van der Waals surface area (Å²) in [4.78, 5) is 0. The number of hydrogen-bond donors (Lipinski definition) is 2. The first-order chi connectivity index (χ1) is 9.77. The molecule has 0 aromatic carbocycles. The standard InChI is InChI=1S/C18H28N2/c19-17-15-8-4-3-7-13(15)14-10-9-11-5-1-2-6-12(11)16(14)18(17)20/h11-16,19-20H,1-10H2. The minimum Gasteiger partial charge on any atom is -0.303 e. The minimum atomic E-state index is 0.456. The first kappa shape index (κ1) is 13.0. The molecule has 20 heavy (non-hydrogen) atoms. The molecule has 4 fully saturated rings.